The molecule has 0 aliphatic carbocycles. The first-order chi connectivity index (χ1) is 11.8. The molecule has 1 amide bonds. The minimum Gasteiger partial charge on any atom is -0.496 e. The minimum atomic E-state index is 0.00297. The van der Waals surface area contributed by atoms with Crippen LogP contribution >= 0.6 is 0 Å². The van der Waals surface area contributed by atoms with Crippen LogP contribution in [0, 0.1) is 5.92 Å². The molecule has 24 heavy (non-hydrogen) atoms. The summed E-state index contributed by atoms with van der Waals surface area (Å²) in [7, 11) is 1.60. The Hall–Kier alpha value is -2.40. The fourth-order valence-corrected chi connectivity index (χ4v) is 3.10. The maximum absolute atomic E-state index is 13.1. The highest BCUT2D eigenvalue weighted by molar-refractivity contribution is 5.96. The zero-order valence-corrected chi connectivity index (χ0v) is 13.9. The first-order valence-corrected chi connectivity index (χ1v) is 8.30. The van der Waals surface area contributed by atoms with E-state index in [0.717, 1.165) is 31.6 Å². The lowest BCUT2D eigenvalue weighted by atomic mass is 10.1. The molecule has 1 N–H and O–H groups in total. The Balaban J connectivity index is 1.83. The van der Waals surface area contributed by atoms with E-state index in [9.17, 15) is 4.79 Å². The number of para-hydroxylation sites is 1. The Kier molecular flexibility index (Phi) is 5.43. The van der Waals surface area contributed by atoms with Gasteiger partial charge in [-0.15, -0.1) is 0 Å². The standard InChI is InChI=1S/C19H23N3O2/c1-24-18-7-3-2-6-17(18)19(23)22(14-16-8-10-21-12-16)13-15-5-4-9-20-11-15/h2-7,9,11,16,21H,8,10,12-14H2,1H3. The van der Waals surface area contributed by atoms with Gasteiger partial charge in [0.1, 0.15) is 5.75 Å². The molecular weight excluding hydrogens is 302 g/mol. The van der Waals surface area contributed by atoms with Crippen LogP contribution in [0.4, 0.5) is 0 Å². The molecule has 0 saturated carbocycles. The third-order valence-corrected chi connectivity index (χ3v) is 4.36. The summed E-state index contributed by atoms with van der Waals surface area (Å²) < 4.78 is 5.36. The fraction of sp³-hybridized carbons (Fsp3) is 0.368. The highest BCUT2D eigenvalue weighted by Crippen LogP contribution is 2.22. The Morgan fingerprint density at radius 1 is 1.33 bits per heavy atom. The van der Waals surface area contributed by atoms with E-state index in [1.165, 1.54) is 0 Å². The number of carbonyl (C=O) groups is 1. The van der Waals surface area contributed by atoms with Crippen LogP contribution in [0.2, 0.25) is 0 Å². The van der Waals surface area contributed by atoms with Crippen molar-refractivity contribution >= 4 is 5.91 Å². The van der Waals surface area contributed by atoms with Crippen molar-refractivity contribution in [2.75, 3.05) is 26.7 Å². The molecule has 5 heteroatoms. The van der Waals surface area contributed by atoms with Crippen molar-refractivity contribution in [1.82, 2.24) is 15.2 Å². The Morgan fingerprint density at radius 2 is 2.21 bits per heavy atom. The number of carbonyl (C=O) groups excluding carboxylic acids is 1. The minimum absolute atomic E-state index is 0.00297. The van der Waals surface area contributed by atoms with Gasteiger partial charge < -0.3 is 15.0 Å². The van der Waals surface area contributed by atoms with Crippen molar-refractivity contribution in [3.63, 3.8) is 0 Å². The van der Waals surface area contributed by atoms with Gasteiger partial charge in [0.05, 0.1) is 12.7 Å². The SMILES string of the molecule is COc1ccccc1C(=O)N(Cc1cccnc1)CC1CCNC1. The number of pyridine rings is 1. The number of hydrogen-bond acceptors (Lipinski definition) is 4. The van der Waals surface area contributed by atoms with Gasteiger partial charge in [-0.3, -0.25) is 9.78 Å². The van der Waals surface area contributed by atoms with Gasteiger partial charge in [-0.25, -0.2) is 0 Å². The number of amides is 1. The van der Waals surface area contributed by atoms with Crippen molar-refractivity contribution in [2.45, 2.75) is 13.0 Å². The molecule has 1 unspecified atom stereocenters. The number of rotatable bonds is 6. The monoisotopic (exact) mass is 325 g/mol. The smallest absolute Gasteiger partial charge is 0.257 e. The summed E-state index contributed by atoms with van der Waals surface area (Å²) in [4.78, 5) is 19.2. The Morgan fingerprint density at radius 3 is 2.92 bits per heavy atom. The first kappa shape index (κ1) is 16.5. The zero-order valence-electron chi connectivity index (χ0n) is 13.9. The lowest BCUT2D eigenvalue weighted by Gasteiger charge is -2.26. The number of ether oxygens (including phenoxy) is 1. The molecule has 1 aliphatic rings. The molecule has 3 rings (SSSR count). The summed E-state index contributed by atoms with van der Waals surface area (Å²) >= 11 is 0. The molecule has 2 heterocycles. The van der Waals surface area contributed by atoms with Crippen molar-refractivity contribution in [1.29, 1.82) is 0 Å². The van der Waals surface area contributed by atoms with E-state index in [1.54, 1.807) is 13.3 Å². The lowest BCUT2D eigenvalue weighted by molar-refractivity contribution is 0.0715. The summed E-state index contributed by atoms with van der Waals surface area (Å²) in [6.45, 7) is 3.27. The largest absolute Gasteiger partial charge is 0.496 e. The number of nitrogens with one attached hydrogen (secondary N) is 1. The van der Waals surface area contributed by atoms with Gasteiger partial charge in [0, 0.05) is 25.5 Å². The molecule has 0 radical (unpaired) electrons. The highest BCUT2D eigenvalue weighted by atomic mass is 16.5. The van der Waals surface area contributed by atoms with Gasteiger partial charge in [0.2, 0.25) is 0 Å². The number of benzene rings is 1. The van der Waals surface area contributed by atoms with Gasteiger partial charge in [-0.2, -0.15) is 0 Å². The number of nitrogens with zero attached hydrogens (tertiary/aromatic N) is 2. The fourth-order valence-electron chi connectivity index (χ4n) is 3.10. The molecule has 1 saturated heterocycles. The summed E-state index contributed by atoms with van der Waals surface area (Å²) in [5, 5.41) is 3.37. The molecule has 1 aliphatic heterocycles. The first-order valence-electron chi connectivity index (χ1n) is 8.30. The van der Waals surface area contributed by atoms with E-state index in [1.807, 2.05) is 47.5 Å². The topological polar surface area (TPSA) is 54.5 Å². The van der Waals surface area contributed by atoms with Gasteiger partial charge in [0.25, 0.3) is 5.91 Å². The summed E-state index contributed by atoms with van der Waals surface area (Å²) in [6, 6.07) is 11.3. The molecule has 126 valence electrons. The van der Waals surface area contributed by atoms with Gasteiger partial charge >= 0.3 is 0 Å². The van der Waals surface area contributed by atoms with Crippen LogP contribution in [0.5, 0.6) is 5.75 Å². The van der Waals surface area contributed by atoms with Crippen molar-refractivity contribution in [2.24, 2.45) is 5.92 Å². The summed E-state index contributed by atoms with van der Waals surface area (Å²) in [6.07, 6.45) is 4.66. The van der Waals surface area contributed by atoms with Crippen LogP contribution in [-0.2, 0) is 6.54 Å². The summed E-state index contributed by atoms with van der Waals surface area (Å²) in [5.41, 5.74) is 1.64. The lowest BCUT2D eigenvalue weighted by Crippen LogP contribution is -2.35. The number of hydrogen-bond donors (Lipinski definition) is 1. The van der Waals surface area contributed by atoms with Crippen LogP contribution in [0.15, 0.2) is 48.8 Å². The molecule has 1 aromatic carbocycles. The van der Waals surface area contributed by atoms with Gasteiger partial charge in [-0.05, 0) is 49.2 Å². The maximum atomic E-state index is 13.1. The highest BCUT2D eigenvalue weighted by Gasteiger charge is 2.24. The third kappa shape index (κ3) is 3.92. The van der Waals surface area contributed by atoms with E-state index in [0.29, 0.717) is 23.8 Å². The number of aromatic nitrogens is 1. The van der Waals surface area contributed by atoms with Crippen LogP contribution < -0.4 is 10.1 Å². The molecule has 5 nitrogen and oxygen atoms in total. The molecule has 1 fully saturated rings. The van der Waals surface area contributed by atoms with E-state index in [-0.39, 0.29) is 5.91 Å². The average molecular weight is 325 g/mol. The molecule has 1 aromatic heterocycles. The molecule has 1 atom stereocenters. The quantitative estimate of drug-likeness (QED) is 0.886. The van der Waals surface area contributed by atoms with Crippen LogP contribution in [-0.4, -0.2) is 42.5 Å². The Bertz CT molecular complexity index is 669. The predicted octanol–water partition coefficient (Wildman–Crippen LogP) is 2.34. The zero-order chi connectivity index (χ0) is 16.8. The molecule has 0 bridgehead atoms. The second kappa shape index (κ2) is 7.93. The second-order valence-electron chi connectivity index (χ2n) is 6.11. The van der Waals surface area contributed by atoms with E-state index >= 15 is 0 Å². The van der Waals surface area contributed by atoms with E-state index < -0.39 is 0 Å². The number of methoxy groups -OCH3 is 1. The van der Waals surface area contributed by atoms with Gasteiger partial charge in [-0.1, -0.05) is 18.2 Å². The predicted molar refractivity (Wildman–Crippen MR) is 92.9 cm³/mol. The van der Waals surface area contributed by atoms with Gasteiger partial charge in [0.15, 0.2) is 0 Å². The van der Waals surface area contributed by atoms with Crippen LogP contribution in [0.25, 0.3) is 0 Å². The third-order valence-electron chi connectivity index (χ3n) is 4.36. The van der Waals surface area contributed by atoms with Crippen molar-refractivity contribution < 1.29 is 9.53 Å². The van der Waals surface area contributed by atoms with E-state index in [2.05, 4.69) is 10.3 Å². The normalized spacial score (nSPS) is 16.8. The molecule has 2 aromatic rings. The van der Waals surface area contributed by atoms with Crippen LogP contribution in [0.1, 0.15) is 22.3 Å². The maximum Gasteiger partial charge on any atom is 0.257 e. The Labute approximate surface area is 142 Å². The molecular formula is C19H23N3O2. The average Bonchev–Trinajstić information content (AvgIpc) is 3.14. The second-order valence-corrected chi connectivity index (χ2v) is 6.11. The molecule has 0 spiro atoms. The summed E-state index contributed by atoms with van der Waals surface area (Å²) in [5.74, 6) is 1.10. The van der Waals surface area contributed by atoms with Crippen LogP contribution in [0.3, 0.4) is 0 Å². The van der Waals surface area contributed by atoms with Crippen molar-refractivity contribution in [3.05, 3.63) is 59.9 Å². The van der Waals surface area contributed by atoms with E-state index in [4.69, 9.17) is 4.74 Å². The van der Waals surface area contributed by atoms with Crippen molar-refractivity contribution in [3.8, 4) is 5.75 Å².